The highest BCUT2D eigenvalue weighted by molar-refractivity contribution is 9.10. The Bertz CT molecular complexity index is 1290. The highest BCUT2D eigenvalue weighted by atomic mass is 79.9. The lowest BCUT2D eigenvalue weighted by Gasteiger charge is -2.15. The van der Waals surface area contributed by atoms with E-state index in [1.165, 1.54) is 12.1 Å². The van der Waals surface area contributed by atoms with Crippen LogP contribution in [-0.2, 0) is 13.2 Å². The second kappa shape index (κ2) is 13.0. The van der Waals surface area contributed by atoms with Gasteiger partial charge >= 0.3 is 0 Å². The van der Waals surface area contributed by atoms with Crippen LogP contribution in [0, 0.1) is 5.82 Å². The normalized spacial score (nSPS) is 11.0. The summed E-state index contributed by atoms with van der Waals surface area (Å²) in [6.45, 7) is 1.70. The molecule has 0 spiro atoms. The highest BCUT2D eigenvalue weighted by Crippen LogP contribution is 2.37. The fraction of sp³-hybridized carbons (Fsp3) is 0.240. The van der Waals surface area contributed by atoms with Crippen LogP contribution in [0.4, 0.5) is 4.39 Å². The molecule has 0 saturated carbocycles. The highest BCUT2D eigenvalue weighted by Gasteiger charge is 2.13. The molecule has 0 amide bonds. The Morgan fingerprint density at radius 1 is 1.14 bits per heavy atom. The maximum Gasteiger partial charge on any atom is 0.214 e. The van der Waals surface area contributed by atoms with Crippen molar-refractivity contribution in [3.63, 3.8) is 0 Å². The summed E-state index contributed by atoms with van der Waals surface area (Å²) >= 11 is 11.3. The van der Waals surface area contributed by atoms with E-state index in [-0.39, 0.29) is 12.4 Å². The van der Waals surface area contributed by atoms with E-state index in [1.54, 1.807) is 29.6 Å². The van der Waals surface area contributed by atoms with Gasteiger partial charge in [0.05, 0.1) is 22.3 Å². The first kappa shape index (κ1) is 26.4. The molecule has 0 aliphatic rings. The Morgan fingerprint density at radius 2 is 1.97 bits per heavy atom. The molecule has 0 bridgehead atoms. The van der Waals surface area contributed by atoms with Gasteiger partial charge in [-0.3, -0.25) is 0 Å². The number of tetrazole rings is 1. The zero-order valence-electron chi connectivity index (χ0n) is 19.5. The largest absolute Gasteiger partial charge is 0.493 e. The molecule has 7 nitrogen and oxygen atoms in total. The summed E-state index contributed by atoms with van der Waals surface area (Å²) < 4.78 is 27.3. The molecule has 0 aliphatic carbocycles. The molecule has 4 aromatic rings. The van der Waals surface area contributed by atoms with Gasteiger partial charge < -0.3 is 14.8 Å². The van der Waals surface area contributed by atoms with E-state index in [0.29, 0.717) is 28.6 Å². The van der Waals surface area contributed by atoms with E-state index in [1.807, 2.05) is 42.5 Å². The average Bonchev–Trinajstić information content (AvgIpc) is 3.35. The number of aromatic nitrogens is 4. The van der Waals surface area contributed by atoms with Crippen molar-refractivity contribution in [3.8, 4) is 17.2 Å². The Hall–Kier alpha value is -2.66. The van der Waals surface area contributed by atoms with Gasteiger partial charge in [0.2, 0.25) is 5.16 Å². The lowest BCUT2D eigenvalue weighted by molar-refractivity contribution is 0.282. The van der Waals surface area contributed by atoms with Crippen molar-refractivity contribution in [1.29, 1.82) is 0 Å². The molecule has 0 atom stereocenters. The molecular weight excluding hydrogens is 569 g/mol. The summed E-state index contributed by atoms with van der Waals surface area (Å²) in [7, 11) is 1.59. The van der Waals surface area contributed by atoms with Gasteiger partial charge in [-0.05, 0) is 81.3 Å². The summed E-state index contributed by atoms with van der Waals surface area (Å²) in [6, 6.07) is 18.0. The van der Waals surface area contributed by atoms with E-state index in [4.69, 9.17) is 21.1 Å². The van der Waals surface area contributed by atoms with Crippen LogP contribution in [-0.4, -0.2) is 39.6 Å². The molecule has 11 heteroatoms. The molecule has 0 aliphatic heterocycles. The Labute approximate surface area is 226 Å². The minimum absolute atomic E-state index is 0.191. The van der Waals surface area contributed by atoms with Crippen LogP contribution < -0.4 is 14.8 Å². The third-order valence-electron chi connectivity index (χ3n) is 5.18. The van der Waals surface area contributed by atoms with E-state index in [9.17, 15) is 4.39 Å². The van der Waals surface area contributed by atoms with Crippen molar-refractivity contribution in [1.82, 2.24) is 25.5 Å². The lowest BCUT2D eigenvalue weighted by Crippen LogP contribution is -2.15. The number of benzene rings is 3. The minimum atomic E-state index is -0.384. The molecule has 1 aromatic heterocycles. The molecule has 36 heavy (non-hydrogen) atoms. The Kier molecular flexibility index (Phi) is 9.57. The maximum atomic E-state index is 13.3. The van der Waals surface area contributed by atoms with Crippen LogP contribution in [0.1, 0.15) is 17.5 Å². The van der Waals surface area contributed by atoms with E-state index in [0.717, 1.165) is 39.6 Å². The summed E-state index contributed by atoms with van der Waals surface area (Å²) in [5.41, 5.74) is 2.68. The molecule has 188 valence electrons. The summed E-state index contributed by atoms with van der Waals surface area (Å²) in [5.74, 6) is 1.66. The lowest BCUT2D eigenvalue weighted by atomic mass is 10.2. The summed E-state index contributed by atoms with van der Waals surface area (Å²) in [6.07, 6.45) is 0.949. The first-order valence-electron chi connectivity index (χ1n) is 11.2. The Morgan fingerprint density at radius 3 is 2.75 bits per heavy atom. The molecular formula is C25H24BrClFN5O2S. The number of methoxy groups -OCH3 is 1. The Balaban J connectivity index is 1.25. The fourth-order valence-electron chi connectivity index (χ4n) is 3.40. The van der Waals surface area contributed by atoms with Gasteiger partial charge in [-0.1, -0.05) is 47.6 Å². The monoisotopic (exact) mass is 591 g/mol. The van der Waals surface area contributed by atoms with Gasteiger partial charge in [0.1, 0.15) is 12.4 Å². The molecule has 0 unspecified atom stereocenters. The van der Waals surface area contributed by atoms with Gasteiger partial charge in [-0.2, -0.15) is 4.68 Å². The molecule has 3 aromatic carbocycles. The SMILES string of the molecule is COc1cc(CNCCCSc2nnnn2-c2ccccc2)cc(Br)c1OCc1ccc(F)cc1Cl. The first-order valence-corrected chi connectivity index (χ1v) is 13.3. The van der Waals surface area contributed by atoms with Crippen LogP contribution in [0.15, 0.2) is 70.3 Å². The molecule has 1 N–H and O–H groups in total. The van der Waals surface area contributed by atoms with Crippen LogP contribution >= 0.6 is 39.3 Å². The predicted molar refractivity (Wildman–Crippen MR) is 143 cm³/mol. The topological polar surface area (TPSA) is 74.1 Å². The zero-order chi connectivity index (χ0) is 25.3. The van der Waals surface area contributed by atoms with Gasteiger partial charge in [0.15, 0.2) is 11.5 Å². The van der Waals surface area contributed by atoms with Gasteiger partial charge in [-0.15, -0.1) is 5.10 Å². The predicted octanol–water partition coefficient (Wildman–Crippen LogP) is 6.08. The molecule has 0 fully saturated rings. The number of halogens is 3. The third-order valence-corrected chi connectivity index (χ3v) is 7.12. The van der Waals surface area contributed by atoms with Crippen molar-refractivity contribution < 1.29 is 13.9 Å². The minimum Gasteiger partial charge on any atom is -0.493 e. The zero-order valence-corrected chi connectivity index (χ0v) is 22.6. The van der Waals surface area contributed by atoms with E-state index < -0.39 is 0 Å². The van der Waals surface area contributed by atoms with Crippen molar-refractivity contribution in [2.24, 2.45) is 0 Å². The number of hydrogen-bond donors (Lipinski definition) is 1. The standard InChI is InChI=1S/C25H24BrClFN5O2S/c1-34-23-13-17(12-21(26)24(23)35-16-18-8-9-19(28)14-22(18)27)15-29-10-5-11-36-25-30-31-32-33(25)20-6-3-2-4-7-20/h2-4,6-9,12-14,29H,5,10-11,15-16H2,1H3. The third kappa shape index (κ3) is 6.97. The molecule has 4 rings (SSSR count). The number of rotatable bonds is 12. The van der Waals surface area contributed by atoms with Crippen molar-refractivity contribution in [2.75, 3.05) is 19.4 Å². The number of nitrogens with zero attached hydrogens (tertiary/aromatic N) is 4. The number of nitrogens with one attached hydrogen (secondary N) is 1. The van der Waals surface area contributed by atoms with Crippen LogP contribution in [0.25, 0.3) is 5.69 Å². The number of para-hydroxylation sites is 1. The summed E-state index contributed by atoms with van der Waals surface area (Å²) in [5, 5.41) is 16.6. The first-order chi connectivity index (χ1) is 17.5. The maximum absolute atomic E-state index is 13.3. The van der Waals surface area contributed by atoms with E-state index in [2.05, 4.69) is 36.8 Å². The van der Waals surface area contributed by atoms with Crippen molar-refractivity contribution in [3.05, 3.63) is 87.1 Å². The molecule has 0 radical (unpaired) electrons. The van der Waals surface area contributed by atoms with Gasteiger partial charge in [-0.25, -0.2) is 4.39 Å². The van der Waals surface area contributed by atoms with E-state index >= 15 is 0 Å². The number of thioether (sulfide) groups is 1. The smallest absolute Gasteiger partial charge is 0.214 e. The second-order valence-electron chi connectivity index (χ2n) is 7.72. The van der Waals surface area contributed by atoms with Gasteiger partial charge in [0, 0.05) is 17.9 Å². The quantitative estimate of drug-likeness (QED) is 0.158. The number of ether oxygens (including phenoxy) is 2. The average molecular weight is 593 g/mol. The van der Waals surface area contributed by atoms with Crippen LogP contribution in [0.3, 0.4) is 0 Å². The number of hydrogen-bond acceptors (Lipinski definition) is 7. The molecule has 0 saturated heterocycles. The van der Waals surface area contributed by atoms with Crippen LogP contribution in [0.2, 0.25) is 5.02 Å². The fourth-order valence-corrected chi connectivity index (χ4v) is 5.05. The summed E-state index contributed by atoms with van der Waals surface area (Å²) in [4.78, 5) is 0. The van der Waals surface area contributed by atoms with Crippen molar-refractivity contribution >= 4 is 39.3 Å². The van der Waals surface area contributed by atoms with Crippen molar-refractivity contribution in [2.45, 2.75) is 24.7 Å². The van der Waals surface area contributed by atoms with Gasteiger partial charge in [0.25, 0.3) is 0 Å². The second-order valence-corrected chi connectivity index (χ2v) is 10.0. The van der Waals surface area contributed by atoms with Crippen LogP contribution in [0.5, 0.6) is 11.5 Å². The molecule has 1 heterocycles.